The lowest BCUT2D eigenvalue weighted by Crippen LogP contribution is -2.27. The van der Waals surface area contributed by atoms with Crippen LogP contribution >= 0.6 is 0 Å². The first-order chi connectivity index (χ1) is 14.6. The minimum atomic E-state index is -0.110. The third kappa shape index (κ3) is 2.82. The summed E-state index contributed by atoms with van der Waals surface area (Å²) in [5.74, 6) is -0.0380. The number of anilines is 1. The third-order valence-corrected chi connectivity index (χ3v) is 5.67. The van der Waals surface area contributed by atoms with Gasteiger partial charge in [-0.1, -0.05) is 23.8 Å². The van der Waals surface area contributed by atoms with Gasteiger partial charge in [-0.2, -0.15) is 0 Å². The molecule has 0 aliphatic carbocycles. The maximum atomic E-state index is 13.0. The zero-order valence-electron chi connectivity index (χ0n) is 16.9. The second-order valence-corrected chi connectivity index (χ2v) is 7.64. The number of pyridine rings is 2. The minimum Gasteiger partial charge on any atom is -0.308 e. The molecule has 0 spiro atoms. The number of carbonyl (C=O) groups is 1. The van der Waals surface area contributed by atoms with Crippen LogP contribution in [0.15, 0.2) is 71.7 Å². The molecule has 4 aromatic rings. The second kappa shape index (κ2) is 6.95. The van der Waals surface area contributed by atoms with Gasteiger partial charge in [-0.05, 0) is 62.2 Å². The molecule has 2 aromatic heterocycles. The molecule has 0 atom stereocenters. The molecule has 0 unspecified atom stereocenters. The van der Waals surface area contributed by atoms with Crippen molar-refractivity contribution in [3.8, 4) is 5.69 Å². The van der Waals surface area contributed by atoms with Crippen molar-refractivity contribution in [3.63, 3.8) is 0 Å². The van der Waals surface area contributed by atoms with Gasteiger partial charge in [0.2, 0.25) is 0 Å². The van der Waals surface area contributed by atoms with Gasteiger partial charge in [0.05, 0.1) is 16.7 Å². The molecule has 1 aliphatic rings. The SMILES string of the molecule is C/C=C/C(=O)N1CCc2ccc(-n3c(=O)ccc4cnc5ccc(C)cc5c43)cc21. The Balaban J connectivity index is 1.80. The number of nitrogens with zero attached hydrogens (tertiary/aromatic N) is 3. The Morgan fingerprint density at radius 2 is 1.97 bits per heavy atom. The fourth-order valence-corrected chi connectivity index (χ4v) is 4.25. The molecule has 5 heteroatoms. The summed E-state index contributed by atoms with van der Waals surface area (Å²) in [6, 6.07) is 15.4. The number of hydrogen-bond acceptors (Lipinski definition) is 3. The van der Waals surface area contributed by atoms with Crippen LogP contribution in [-0.2, 0) is 11.2 Å². The van der Waals surface area contributed by atoms with Gasteiger partial charge >= 0.3 is 0 Å². The van der Waals surface area contributed by atoms with Crippen molar-refractivity contribution < 1.29 is 4.79 Å². The van der Waals surface area contributed by atoms with E-state index in [4.69, 9.17) is 0 Å². The number of allylic oxidation sites excluding steroid dienone is 1. The molecule has 2 aromatic carbocycles. The summed E-state index contributed by atoms with van der Waals surface area (Å²) in [6.45, 7) is 4.52. The van der Waals surface area contributed by atoms with Crippen LogP contribution in [-0.4, -0.2) is 22.0 Å². The quantitative estimate of drug-likeness (QED) is 0.375. The number of amides is 1. The maximum absolute atomic E-state index is 13.0. The first kappa shape index (κ1) is 18.3. The summed E-state index contributed by atoms with van der Waals surface area (Å²) >= 11 is 0. The van der Waals surface area contributed by atoms with E-state index in [0.717, 1.165) is 50.7 Å². The zero-order chi connectivity index (χ0) is 20.8. The predicted octanol–water partition coefficient (Wildman–Crippen LogP) is 4.31. The van der Waals surface area contributed by atoms with Crippen LogP contribution in [0.2, 0.25) is 0 Å². The Kier molecular flexibility index (Phi) is 4.24. The number of benzene rings is 2. The number of rotatable bonds is 2. The maximum Gasteiger partial charge on any atom is 0.255 e. The first-order valence-electron chi connectivity index (χ1n) is 10.1. The summed E-state index contributed by atoms with van der Waals surface area (Å²) in [6.07, 6.45) is 5.95. The van der Waals surface area contributed by atoms with Gasteiger partial charge in [-0.15, -0.1) is 0 Å². The molecule has 0 N–H and O–H groups in total. The number of carbonyl (C=O) groups excluding carboxylic acids is 1. The summed E-state index contributed by atoms with van der Waals surface area (Å²) in [4.78, 5) is 31.9. The molecule has 0 bridgehead atoms. The molecule has 3 heterocycles. The van der Waals surface area contributed by atoms with E-state index in [0.29, 0.717) is 6.54 Å². The summed E-state index contributed by atoms with van der Waals surface area (Å²) in [5.41, 5.74) is 5.41. The summed E-state index contributed by atoms with van der Waals surface area (Å²) in [7, 11) is 0. The molecule has 0 saturated carbocycles. The number of fused-ring (bicyclic) bond motifs is 4. The average molecular weight is 395 g/mol. The molecule has 5 rings (SSSR count). The number of hydrogen-bond donors (Lipinski definition) is 0. The van der Waals surface area contributed by atoms with Crippen LogP contribution in [0, 0.1) is 6.92 Å². The Hall–Kier alpha value is -3.73. The second-order valence-electron chi connectivity index (χ2n) is 7.64. The van der Waals surface area contributed by atoms with Crippen molar-refractivity contribution >= 4 is 33.4 Å². The highest BCUT2D eigenvalue weighted by Gasteiger charge is 2.24. The molecule has 0 fully saturated rings. The van der Waals surface area contributed by atoms with E-state index in [1.54, 1.807) is 33.9 Å². The van der Waals surface area contributed by atoms with E-state index in [9.17, 15) is 9.59 Å². The van der Waals surface area contributed by atoms with Crippen molar-refractivity contribution in [2.24, 2.45) is 0 Å². The molecule has 1 amide bonds. The highest BCUT2D eigenvalue weighted by atomic mass is 16.2. The smallest absolute Gasteiger partial charge is 0.255 e. The van der Waals surface area contributed by atoms with Gasteiger partial charge in [0, 0.05) is 35.3 Å². The van der Waals surface area contributed by atoms with Gasteiger partial charge in [-0.25, -0.2) is 0 Å². The Morgan fingerprint density at radius 1 is 1.10 bits per heavy atom. The van der Waals surface area contributed by atoms with Crippen LogP contribution in [0.3, 0.4) is 0 Å². The van der Waals surface area contributed by atoms with E-state index in [-0.39, 0.29) is 11.5 Å². The van der Waals surface area contributed by atoms with Crippen molar-refractivity contribution in [1.29, 1.82) is 0 Å². The van der Waals surface area contributed by atoms with Crippen LogP contribution in [0.4, 0.5) is 5.69 Å². The van der Waals surface area contributed by atoms with E-state index < -0.39 is 0 Å². The molecule has 0 radical (unpaired) electrons. The van der Waals surface area contributed by atoms with E-state index in [1.165, 1.54) is 0 Å². The van der Waals surface area contributed by atoms with Gasteiger partial charge in [-0.3, -0.25) is 19.1 Å². The van der Waals surface area contributed by atoms with Crippen LogP contribution in [0.1, 0.15) is 18.1 Å². The normalized spacial score (nSPS) is 13.5. The lowest BCUT2D eigenvalue weighted by molar-refractivity contribution is -0.114. The largest absolute Gasteiger partial charge is 0.308 e. The Labute approximate surface area is 173 Å². The fraction of sp³-hybridized carbons (Fsp3) is 0.160. The lowest BCUT2D eigenvalue weighted by atomic mass is 10.1. The van der Waals surface area contributed by atoms with Crippen molar-refractivity contribution in [2.75, 3.05) is 11.4 Å². The Bertz CT molecular complexity index is 1420. The number of aromatic nitrogens is 2. The predicted molar refractivity (Wildman–Crippen MR) is 120 cm³/mol. The van der Waals surface area contributed by atoms with Crippen LogP contribution in [0.25, 0.3) is 27.5 Å². The molecular formula is C25H21N3O2. The van der Waals surface area contributed by atoms with Gasteiger partial charge in [0.15, 0.2) is 0 Å². The van der Waals surface area contributed by atoms with Gasteiger partial charge < -0.3 is 4.90 Å². The monoisotopic (exact) mass is 395 g/mol. The van der Waals surface area contributed by atoms with E-state index in [1.807, 2.05) is 50.2 Å². The fourth-order valence-electron chi connectivity index (χ4n) is 4.25. The van der Waals surface area contributed by atoms with Gasteiger partial charge in [0.1, 0.15) is 0 Å². The van der Waals surface area contributed by atoms with Crippen LogP contribution < -0.4 is 10.5 Å². The van der Waals surface area contributed by atoms with E-state index >= 15 is 0 Å². The molecule has 1 aliphatic heterocycles. The van der Waals surface area contributed by atoms with Crippen molar-refractivity contribution in [3.05, 3.63) is 88.4 Å². The van der Waals surface area contributed by atoms with Crippen LogP contribution in [0.5, 0.6) is 0 Å². The molecular weight excluding hydrogens is 374 g/mol. The lowest BCUT2D eigenvalue weighted by Gasteiger charge is -2.18. The zero-order valence-corrected chi connectivity index (χ0v) is 16.9. The summed E-state index contributed by atoms with van der Waals surface area (Å²) in [5, 5.41) is 1.84. The molecule has 5 nitrogen and oxygen atoms in total. The van der Waals surface area contributed by atoms with Crippen molar-refractivity contribution in [2.45, 2.75) is 20.3 Å². The topological polar surface area (TPSA) is 55.2 Å². The van der Waals surface area contributed by atoms with Gasteiger partial charge in [0.25, 0.3) is 11.5 Å². The first-order valence-corrected chi connectivity index (χ1v) is 10.1. The minimum absolute atomic E-state index is 0.0380. The number of aryl methyl sites for hydroxylation is 1. The highest BCUT2D eigenvalue weighted by molar-refractivity contribution is 6.05. The van der Waals surface area contributed by atoms with Crippen molar-refractivity contribution in [1.82, 2.24) is 9.55 Å². The summed E-state index contributed by atoms with van der Waals surface area (Å²) < 4.78 is 1.73. The molecule has 148 valence electrons. The molecule has 30 heavy (non-hydrogen) atoms. The highest BCUT2D eigenvalue weighted by Crippen LogP contribution is 2.32. The average Bonchev–Trinajstić information content (AvgIpc) is 3.17. The van der Waals surface area contributed by atoms with E-state index in [2.05, 4.69) is 11.1 Å². The molecule has 0 saturated heterocycles. The Morgan fingerprint density at radius 3 is 2.80 bits per heavy atom. The standard InChI is InChI=1S/C25H21N3O2/c1-3-4-23(29)27-12-11-17-6-8-19(14-22(17)27)28-24(30)10-7-18-15-26-21-9-5-16(2)13-20(21)25(18)28/h3-10,13-15H,11-12H2,1-2H3/b4-3+. The third-order valence-electron chi connectivity index (χ3n) is 5.67.